The molecular formula is C12H12O2. The van der Waals surface area contributed by atoms with Crippen LogP contribution >= 0.6 is 0 Å². The molecule has 0 saturated heterocycles. The first-order valence-corrected chi connectivity index (χ1v) is 3.98. The number of carboxylic acid groups (broad SMARTS) is 1. The van der Waals surface area contributed by atoms with E-state index in [1.165, 1.54) is 24.3 Å². The highest BCUT2D eigenvalue weighted by molar-refractivity contribution is 5.67. The van der Waals surface area contributed by atoms with Crippen molar-refractivity contribution in [3.63, 3.8) is 0 Å². The van der Waals surface area contributed by atoms with Crippen molar-refractivity contribution < 1.29 is 15.4 Å². The molecule has 0 amide bonds. The molecule has 0 aliphatic heterocycles. The highest BCUT2D eigenvalue weighted by Crippen LogP contribution is 2.05. The van der Waals surface area contributed by atoms with Gasteiger partial charge >= 0.3 is 5.97 Å². The van der Waals surface area contributed by atoms with Gasteiger partial charge in [-0.05, 0) is 31.0 Å². The van der Waals surface area contributed by atoms with E-state index < -0.39 is 18.7 Å². The van der Waals surface area contributed by atoms with Crippen molar-refractivity contribution in [2.24, 2.45) is 0 Å². The Morgan fingerprint density at radius 3 is 2.86 bits per heavy atom. The van der Waals surface area contributed by atoms with E-state index in [-0.39, 0.29) is 5.56 Å². The van der Waals surface area contributed by atoms with Crippen molar-refractivity contribution in [2.45, 2.75) is 19.7 Å². The zero-order valence-corrected chi connectivity index (χ0v) is 7.63. The normalized spacial score (nSPS) is 15.9. The molecule has 2 nitrogen and oxygen atoms in total. The molecule has 0 aliphatic rings. The maximum absolute atomic E-state index is 11.2. The predicted molar refractivity (Wildman–Crippen MR) is 55.0 cm³/mol. The minimum absolute atomic E-state index is 0.0236. The SMILES string of the molecule is [2H]OC(=O)C([2H])([2H])C([2H])([2H])c1ccc(C#CC)cc1. The van der Waals surface area contributed by atoms with Crippen molar-refractivity contribution >= 4 is 5.97 Å². The molecule has 1 aromatic carbocycles. The van der Waals surface area contributed by atoms with Crippen LogP contribution in [0, 0.1) is 11.8 Å². The summed E-state index contributed by atoms with van der Waals surface area (Å²) in [4.78, 5) is 11.2. The molecule has 0 aliphatic carbocycles. The predicted octanol–water partition coefficient (Wildman–Crippen LogP) is 2.08. The highest BCUT2D eigenvalue weighted by Gasteiger charge is 1.98. The standard InChI is InChI=1S/C12H12O2/c1-2-3-10-4-6-11(7-5-10)8-9-12(13)14/h4-7H,8-9H2,1H3,(H,13,14)/i8D2,9D2/hD. The van der Waals surface area contributed by atoms with Gasteiger partial charge in [-0.2, -0.15) is 0 Å². The lowest BCUT2D eigenvalue weighted by Gasteiger charge is -1.98. The third-order valence-corrected chi connectivity index (χ3v) is 1.46. The van der Waals surface area contributed by atoms with Crippen LogP contribution in [0.3, 0.4) is 0 Å². The molecule has 0 aromatic heterocycles. The van der Waals surface area contributed by atoms with E-state index in [0.29, 0.717) is 5.56 Å². The van der Waals surface area contributed by atoms with Gasteiger partial charge in [0.15, 0.2) is 0 Å². The van der Waals surface area contributed by atoms with Crippen LogP contribution in [0.5, 0.6) is 0 Å². The number of hydrogen-bond acceptors (Lipinski definition) is 2. The van der Waals surface area contributed by atoms with E-state index >= 15 is 0 Å². The van der Waals surface area contributed by atoms with Crippen molar-refractivity contribution in [3.05, 3.63) is 35.4 Å². The fraction of sp³-hybridized carbons (Fsp3) is 0.250. The highest BCUT2D eigenvalue weighted by atomic mass is 16.4. The molecule has 0 spiro atoms. The molecule has 1 rings (SSSR count). The number of hydrogen-bond donors (Lipinski definition) is 1. The van der Waals surface area contributed by atoms with Gasteiger partial charge in [0.2, 0.25) is 0 Å². The van der Waals surface area contributed by atoms with Crippen molar-refractivity contribution in [2.75, 3.05) is 0 Å². The topological polar surface area (TPSA) is 37.3 Å². The Balaban J connectivity index is 3.18. The summed E-state index contributed by atoms with van der Waals surface area (Å²) in [6, 6.07) is 5.78. The van der Waals surface area contributed by atoms with E-state index in [4.69, 9.17) is 6.91 Å². The quantitative estimate of drug-likeness (QED) is 0.746. The van der Waals surface area contributed by atoms with Crippen LogP contribution in [-0.2, 0) is 11.2 Å². The van der Waals surface area contributed by atoms with E-state index in [0.717, 1.165) is 0 Å². The number of rotatable bonds is 3. The minimum atomic E-state index is -2.95. The van der Waals surface area contributed by atoms with Gasteiger partial charge in [0.05, 0.1) is 0 Å². The van der Waals surface area contributed by atoms with Gasteiger partial charge in [0.25, 0.3) is 1.43 Å². The molecule has 1 aromatic rings. The molecule has 0 atom stereocenters. The summed E-state index contributed by atoms with van der Waals surface area (Å²) in [6.45, 7) is 1.66. The molecule has 1 N–H and O–H groups in total. The Bertz CT molecular complexity index is 525. The van der Waals surface area contributed by atoms with Crippen molar-refractivity contribution in [1.82, 2.24) is 0 Å². The van der Waals surface area contributed by atoms with Crippen LogP contribution in [0.15, 0.2) is 24.3 Å². The average Bonchev–Trinajstić information content (AvgIpc) is 2.38. The van der Waals surface area contributed by atoms with Crippen LogP contribution in [-0.4, -0.2) is 11.1 Å². The molecular weight excluding hydrogens is 176 g/mol. The second-order valence-electron chi connectivity index (χ2n) is 2.49. The molecule has 0 fully saturated rings. The van der Waals surface area contributed by atoms with Gasteiger partial charge < -0.3 is 5.11 Å². The summed E-state index contributed by atoms with van der Waals surface area (Å²) in [6.07, 6.45) is -5.56. The summed E-state index contributed by atoms with van der Waals surface area (Å²) >= 11 is 0. The first-order chi connectivity index (χ1) is 8.77. The average molecular weight is 193 g/mol. The van der Waals surface area contributed by atoms with E-state index in [2.05, 4.69) is 16.9 Å². The lowest BCUT2D eigenvalue weighted by molar-refractivity contribution is -0.136. The Kier molecular flexibility index (Phi) is 1.89. The summed E-state index contributed by atoms with van der Waals surface area (Å²) in [5.41, 5.74) is 0.634. The monoisotopic (exact) mass is 193 g/mol. The Hall–Kier alpha value is -1.75. The molecule has 0 heterocycles. The lowest BCUT2D eigenvalue weighted by atomic mass is 10.1. The summed E-state index contributed by atoms with van der Waals surface area (Å²) in [7, 11) is 0. The van der Waals surface area contributed by atoms with Crippen molar-refractivity contribution in [3.8, 4) is 11.8 Å². The Labute approximate surface area is 90.7 Å². The van der Waals surface area contributed by atoms with Gasteiger partial charge in [-0.25, -0.2) is 0 Å². The van der Waals surface area contributed by atoms with Crippen LogP contribution < -0.4 is 0 Å². The number of benzene rings is 1. The molecule has 72 valence electrons. The Morgan fingerprint density at radius 1 is 1.57 bits per heavy atom. The van der Waals surface area contributed by atoms with Gasteiger partial charge in [-0.1, -0.05) is 18.1 Å². The zero-order chi connectivity index (χ0) is 14.7. The van der Waals surface area contributed by atoms with Crippen LogP contribution in [0.2, 0.25) is 0 Å². The number of carbonyl (C=O) groups is 1. The number of aliphatic carboxylic acids is 1. The zero-order valence-electron chi connectivity index (χ0n) is 12.6. The van der Waals surface area contributed by atoms with Gasteiger partial charge in [-0.3, -0.25) is 4.79 Å². The Morgan fingerprint density at radius 2 is 2.29 bits per heavy atom. The van der Waals surface area contributed by atoms with Crippen LogP contribution in [0.25, 0.3) is 1.43 Å². The largest absolute Gasteiger partial charge is 0.481 e. The molecule has 0 bridgehead atoms. The van der Waals surface area contributed by atoms with Crippen LogP contribution in [0.1, 0.15) is 29.9 Å². The number of aryl methyl sites for hydroxylation is 1. The molecule has 14 heavy (non-hydrogen) atoms. The summed E-state index contributed by atoms with van der Waals surface area (Å²) < 4.78 is 36.9. The molecule has 0 unspecified atom stereocenters. The smallest absolute Gasteiger partial charge is 0.303 e. The first kappa shape index (κ1) is 5.21. The fourth-order valence-corrected chi connectivity index (χ4v) is 0.904. The lowest BCUT2D eigenvalue weighted by Crippen LogP contribution is -1.97. The molecule has 0 saturated carbocycles. The third kappa shape index (κ3) is 3.32. The summed E-state index contributed by atoms with van der Waals surface area (Å²) in [5.74, 6) is 3.88. The molecule has 2 heteroatoms. The minimum Gasteiger partial charge on any atom is -0.481 e. The van der Waals surface area contributed by atoms with E-state index in [1.54, 1.807) is 6.92 Å². The number of carboxylic acids is 1. The van der Waals surface area contributed by atoms with Gasteiger partial charge in [0, 0.05) is 17.4 Å². The van der Waals surface area contributed by atoms with Gasteiger partial charge in [-0.15, -0.1) is 5.92 Å². The van der Waals surface area contributed by atoms with Gasteiger partial charge in [0.1, 0.15) is 0 Å². The maximum atomic E-state index is 11.2. The van der Waals surface area contributed by atoms with Crippen LogP contribution in [0.4, 0.5) is 0 Å². The maximum Gasteiger partial charge on any atom is 0.303 e. The fourth-order valence-electron chi connectivity index (χ4n) is 0.904. The van der Waals surface area contributed by atoms with Crippen molar-refractivity contribution in [1.29, 1.82) is 1.43 Å². The van der Waals surface area contributed by atoms with E-state index in [9.17, 15) is 4.79 Å². The second-order valence-corrected chi connectivity index (χ2v) is 2.49. The third-order valence-electron chi connectivity index (χ3n) is 1.46. The summed E-state index contributed by atoms with van der Waals surface area (Å²) in [5, 5.41) is 3.56. The second kappa shape index (κ2) is 5.08. The molecule has 0 radical (unpaired) electrons. The van der Waals surface area contributed by atoms with E-state index in [1.807, 2.05) is 0 Å². The first-order valence-electron chi connectivity index (χ1n) is 6.39.